The number of allylic oxidation sites excluding steroid dienone is 7. The quantitative estimate of drug-likeness (QED) is 0.729. The molecule has 0 unspecified atom stereocenters. The van der Waals surface area contributed by atoms with Crippen LogP contribution in [0.5, 0.6) is 0 Å². The summed E-state index contributed by atoms with van der Waals surface area (Å²) in [5.74, 6) is 0.0532. The van der Waals surface area contributed by atoms with E-state index in [0.717, 1.165) is 5.70 Å². The minimum atomic E-state index is -0.789. The van der Waals surface area contributed by atoms with Gasteiger partial charge in [-0.15, -0.1) is 0 Å². The van der Waals surface area contributed by atoms with E-state index in [4.69, 9.17) is 15.3 Å². The monoisotopic (exact) mass is 316 g/mol. The first-order valence-corrected chi connectivity index (χ1v) is 7.29. The third-order valence-electron chi connectivity index (χ3n) is 3.69. The van der Waals surface area contributed by atoms with E-state index in [1.54, 1.807) is 32.1 Å². The molecule has 118 valence electrons. The van der Waals surface area contributed by atoms with Crippen molar-refractivity contribution in [2.45, 2.75) is 19.4 Å². The SMILES string of the molecule is CN1C=CC=C/C1=C/C=C/C1=C(C#N)C(=C(C#N)C#N)OC1(C)C. The van der Waals surface area contributed by atoms with E-state index in [-0.39, 0.29) is 16.9 Å². The Hall–Kier alpha value is -3.49. The first-order valence-electron chi connectivity index (χ1n) is 7.29. The predicted octanol–water partition coefficient (Wildman–Crippen LogP) is 3.37. The number of nitrogens with zero attached hydrogens (tertiary/aromatic N) is 4. The lowest BCUT2D eigenvalue weighted by Gasteiger charge is -2.20. The number of nitriles is 3. The summed E-state index contributed by atoms with van der Waals surface area (Å²) in [6.45, 7) is 3.60. The summed E-state index contributed by atoms with van der Waals surface area (Å²) in [5.41, 5.74) is 0.873. The number of hydrogen-bond acceptors (Lipinski definition) is 5. The topological polar surface area (TPSA) is 83.8 Å². The van der Waals surface area contributed by atoms with Crippen molar-refractivity contribution in [2.75, 3.05) is 7.05 Å². The van der Waals surface area contributed by atoms with Crippen molar-refractivity contribution in [3.8, 4) is 18.2 Å². The van der Waals surface area contributed by atoms with Gasteiger partial charge in [-0.05, 0) is 32.1 Å². The molecule has 0 bridgehead atoms. The molecule has 0 aliphatic carbocycles. The van der Waals surface area contributed by atoms with Crippen LogP contribution in [0.25, 0.3) is 0 Å². The first kappa shape index (κ1) is 16.9. The van der Waals surface area contributed by atoms with Crippen molar-refractivity contribution in [1.82, 2.24) is 4.90 Å². The molecule has 0 saturated heterocycles. The molecule has 0 aromatic heterocycles. The molecule has 0 amide bonds. The molecule has 24 heavy (non-hydrogen) atoms. The van der Waals surface area contributed by atoms with Gasteiger partial charge in [-0.25, -0.2) is 0 Å². The molecule has 0 spiro atoms. The summed E-state index contributed by atoms with van der Waals surface area (Å²) in [6, 6.07) is 5.61. The highest BCUT2D eigenvalue weighted by atomic mass is 16.5. The van der Waals surface area contributed by atoms with E-state index in [0.29, 0.717) is 5.57 Å². The zero-order valence-corrected chi connectivity index (χ0v) is 13.7. The van der Waals surface area contributed by atoms with Crippen molar-refractivity contribution in [1.29, 1.82) is 15.8 Å². The third-order valence-corrected chi connectivity index (χ3v) is 3.69. The van der Waals surface area contributed by atoms with Crippen LogP contribution in [0.2, 0.25) is 0 Å². The van der Waals surface area contributed by atoms with Crippen molar-refractivity contribution in [2.24, 2.45) is 0 Å². The van der Waals surface area contributed by atoms with Crippen LogP contribution in [0.3, 0.4) is 0 Å². The van der Waals surface area contributed by atoms with Crippen LogP contribution in [-0.2, 0) is 4.74 Å². The van der Waals surface area contributed by atoms with Gasteiger partial charge in [0.15, 0.2) is 11.3 Å². The standard InChI is InChI=1S/C19H16N4O/c1-19(2)17(9-6-8-15-7-4-5-10-23(15)3)16(13-22)18(24-19)14(11-20)12-21/h4-10H,1-3H3/b9-6+,15-8-. The Morgan fingerprint density at radius 3 is 2.50 bits per heavy atom. The molecule has 0 radical (unpaired) electrons. The Bertz CT molecular complexity index is 843. The minimum absolute atomic E-state index is 0.0532. The fourth-order valence-electron chi connectivity index (χ4n) is 2.43. The highest BCUT2D eigenvalue weighted by Crippen LogP contribution is 2.40. The Morgan fingerprint density at radius 1 is 1.21 bits per heavy atom. The summed E-state index contributed by atoms with van der Waals surface area (Å²) < 4.78 is 5.70. The lowest BCUT2D eigenvalue weighted by molar-refractivity contribution is 0.0954. The molecule has 2 aliphatic heterocycles. The van der Waals surface area contributed by atoms with Gasteiger partial charge >= 0.3 is 0 Å². The Labute approximate surface area is 141 Å². The van der Waals surface area contributed by atoms with Gasteiger partial charge in [0.1, 0.15) is 29.4 Å². The van der Waals surface area contributed by atoms with E-state index in [9.17, 15) is 5.26 Å². The van der Waals surface area contributed by atoms with Crippen molar-refractivity contribution in [3.05, 3.63) is 70.8 Å². The van der Waals surface area contributed by atoms with Gasteiger partial charge in [0.25, 0.3) is 0 Å². The van der Waals surface area contributed by atoms with Gasteiger partial charge in [-0.3, -0.25) is 0 Å². The van der Waals surface area contributed by atoms with Gasteiger partial charge < -0.3 is 9.64 Å². The van der Waals surface area contributed by atoms with Crippen LogP contribution < -0.4 is 0 Å². The van der Waals surface area contributed by atoms with Crippen molar-refractivity contribution >= 4 is 0 Å². The summed E-state index contributed by atoms with van der Waals surface area (Å²) in [4.78, 5) is 1.97. The van der Waals surface area contributed by atoms with Gasteiger partial charge in [-0.2, -0.15) is 15.8 Å². The van der Waals surface area contributed by atoms with Crippen LogP contribution in [0, 0.1) is 34.0 Å². The second kappa shape index (κ2) is 6.73. The van der Waals surface area contributed by atoms with Gasteiger partial charge in [0, 0.05) is 24.5 Å². The molecule has 0 saturated carbocycles. The fourth-order valence-corrected chi connectivity index (χ4v) is 2.43. The molecule has 2 aliphatic rings. The maximum absolute atomic E-state index is 9.45. The average molecular weight is 316 g/mol. The van der Waals surface area contributed by atoms with E-state index < -0.39 is 5.60 Å². The van der Waals surface area contributed by atoms with Crippen LogP contribution in [-0.4, -0.2) is 17.5 Å². The number of likely N-dealkylation sites (N-methyl/N-ethyl adjacent to an activating group) is 1. The zero-order chi connectivity index (χ0) is 17.7. The highest BCUT2D eigenvalue weighted by Gasteiger charge is 2.38. The molecule has 2 heterocycles. The molecule has 0 aromatic carbocycles. The van der Waals surface area contributed by atoms with Gasteiger partial charge in [0.2, 0.25) is 0 Å². The fraction of sp³-hybridized carbons (Fsp3) is 0.211. The van der Waals surface area contributed by atoms with Crippen LogP contribution in [0.1, 0.15) is 13.8 Å². The first-order chi connectivity index (χ1) is 11.4. The highest BCUT2D eigenvalue weighted by molar-refractivity contribution is 5.60. The Morgan fingerprint density at radius 2 is 1.92 bits per heavy atom. The Balaban J connectivity index is 2.45. The predicted molar refractivity (Wildman–Crippen MR) is 89.3 cm³/mol. The molecule has 0 fully saturated rings. The number of rotatable bonds is 2. The summed E-state index contributed by atoms with van der Waals surface area (Å²) in [6.07, 6.45) is 13.3. The Kier molecular flexibility index (Phi) is 4.73. The summed E-state index contributed by atoms with van der Waals surface area (Å²) in [5, 5.41) is 27.5. The third kappa shape index (κ3) is 3.14. The molecular weight excluding hydrogens is 300 g/mol. The van der Waals surface area contributed by atoms with E-state index >= 15 is 0 Å². The normalized spacial score (nSPS) is 20.1. The lowest BCUT2D eigenvalue weighted by atomic mass is 9.94. The maximum atomic E-state index is 9.45. The van der Waals surface area contributed by atoms with E-state index in [2.05, 4.69) is 6.07 Å². The van der Waals surface area contributed by atoms with Crippen molar-refractivity contribution < 1.29 is 4.74 Å². The molecule has 5 heteroatoms. The lowest BCUT2D eigenvalue weighted by Crippen LogP contribution is -2.20. The average Bonchev–Trinajstić information content (AvgIpc) is 2.81. The minimum Gasteiger partial charge on any atom is -0.480 e. The smallest absolute Gasteiger partial charge is 0.172 e. The second-order valence-electron chi connectivity index (χ2n) is 5.70. The van der Waals surface area contributed by atoms with Crippen molar-refractivity contribution in [3.63, 3.8) is 0 Å². The van der Waals surface area contributed by atoms with Crippen LogP contribution in [0.15, 0.2) is 70.8 Å². The largest absolute Gasteiger partial charge is 0.480 e. The van der Waals surface area contributed by atoms with Gasteiger partial charge in [0.05, 0.1) is 0 Å². The van der Waals surface area contributed by atoms with Gasteiger partial charge in [-0.1, -0.05) is 18.2 Å². The second-order valence-corrected chi connectivity index (χ2v) is 5.70. The molecule has 0 aromatic rings. The molecular formula is C19H16N4O. The molecule has 0 N–H and O–H groups in total. The van der Waals surface area contributed by atoms with E-state index in [1.807, 2.05) is 48.5 Å². The number of hydrogen-bond donors (Lipinski definition) is 0. The van der Waals surface area contributed by atoms with Crippen LogP contribution >= 0.6 is 0 Å². The van der Waals surface area contributed by atoms with Crippen LogP contribution in [0.4, 0.5) is 0 Å². The summed E-state index contributed by atoms with van der Waals surface area (Å²) in [7, 11) is 1.94. The maximum Gasteiger partial charge on any atom is 0.172 e. The molecule has 0 atom stereocenters. The van der Waals surface area contributed by atoms with E-state index in [1.165, 1.54) is 0 Å². The summed E-state index contributed by atoms with van der Waals surface area (Å²) >= 11 is 0. The number of ether oxygens (including phenoxy) is 1. The molecule has 5 nitrogen and oxygen atoms in total. The zero-order valence-electron chi connectivity index (χ0n) is 13.7. The molecule has 2 rings (SSSR count).